The molecule has 2 N–H and O–H groups in total. The average molecular weight is 279 g/mol. The first-order valence-electron chi connectivity index (χ1n) is 5.10. The van der Waals surface area contributed by atoms with Gasteiger partial charge in [0.1, 0.15) is 0 Å². The fraction of sp³-hybridized carbons (Fsp3) is 0.889. The van der Waals surface area contributed by atoms with Crippen LogP contribution in [0.5, 0.6) is 0 Å². The fourth-order valence-corrected chi connectivity index (χ4v) is 1.48. The number of hydrogen-bond donors (Lipinski definition) is 2. The lowest BCUT2D eigenvalue weighted by Crippen LogP contribution is -2.50. The van der Waals surface area contributed by atoms with Crippen molar-refractivity contribution in [3.63, 3.8) is 0 Å². The van der Waals surface area contributed by atoms with Crippen molar-refractivity contribution in [2.24, 2.45) is 0 Å². The molecule has 17 heavy (non-hydrogen) atoms. The third-order valence-corrected chi connectivity index (χ3v) is 2.44. The van der Waals surface area contributed by atoms with E-state index in [9.17, 15) is 22.4 Å². The Morgan fingerprint density at radius 2 is 2.06 bits per heavy atom. The standard InChI is InChI=1S/C9H14F4N2O.ClH/c10-8(11)9(12,13)5-15-7(16)6-3-1-2-4-14-6;/h6,8,14H,1-5H2,(H,15,16);1H. The van der Waals surface area contributed by atoms with Gasteiger partial charge in [-0.05, 0) is 19.4 Å². The molecular weight excluding hydrogens is 264 g/mol. The molecule has 102 valence electrons. The quantitative estimate of drug-likeness (QED) is 0.767. The topological polar surface area (TPSA) is 41.1 Å². The zero-order chi connectivity index (χ0) is 12.2. The summed E-state index contributed by atoms with van der Waals surface area (Å²) in [6, 6.07) is -0.540. The molecule has 0 aromatic rings. The van der Waals surface area contributed by atoms with E-state index >= 15 is 0 Å². The number of halogens is 5. The minimum atomic E-state index is -4.16. The van der Waals surface area contributed by atoms with E-state index in [4.69, 9.17) is 0 Å². The Bertz CT molecular complexity index is 247. The van der Waals surface area contributed by atoms with Crippen LogP contribution in [-0.4, -0.2) is 37.4 Å². The highest BCUT2D eigenvalue weighted by Crippen LogP contribution is 2.21. The third kappa shape index (κ3) is 5.08. The molecule has 1 fully saturated rings. The molecule has 0 aromatic carbocycles. The predicted octanol–water partition coefficient (Wildman–Crippen LogP) is 1.57. The van der Waals surface area contributed by atoms with Gasteiger partial charge in [-0.3, -0.25) is 4.79 Å². The molecule has 1 aliphatic heterocycles. The van der Waals surface area contributed by atoms with E-state index in [2.05, 4.69) is 5.32 Å². The number of piperidine rings is 1. The van der Waals surface area contributed by atoms with Crippen LogP contribution < -0.4 is 10.6 Å². The molecule has 0 spiro atoms. The van der Waals surface area contributed by atoms with E-state index in [0.29, 0.717) is 13.0 Å². The van der Waals surface area contributed by atoms with Gasteiger partial charge >= 0.3 is 12.3 Å². The monoisotopic (exact) mass is 278 g/mol. The normalized spacial score (nSPS) is 20.9. The maximum atomic E-state index is 12.5. The summed E-state index contributed by atoms with van der Waals surface area (Å²) in [6.45, 7) is -0.676. The summed E-state index contributed by atoms with van der Waals surface area (Å²) in [5.41, 5.74) is 0. The van der Waals surface area contributed by atoms with Crippen LogP contribution >= 0.6 is 12.4 Å². The van der Waals surface area contributed by atoms with Gasteiger partial charge < -0.3 is 10.6 Å². The molecule has 0 bridgehead atoms. The lowest BCUT2D eigenvalue weighted by molar-refractivity contribution is -0.137. The van der Waals surface area contributed by atoms with E-state index in [0.717, 1.165) is 12.8 Å². The van der Waals surface area contributed by atoms with Gasteiger partial charge in [0.2, 0.25) is 5.91 Å². The van der Waals surface area contributed by atoms with Crippen LogP contribution in [0.15, 0.2) is 0 Å². The Morgan fingerprint density at radius 3 is 2.53 bits per heavy atom. The van der Waals surface area contributed by atoms with Crippen LogP contribution in [0.25, 0.3) is 0 Å². The predicted molar refractivity (Wildman–Crippen MR) is 56.9 cm³/mol. The van der Waals surface area contributed by atoms with Crippen LogP contribution in [-0.2, 0) is 4.79 Å². The number of rotatable bonds is 4. The minimum Gasteiger partial charge on any atom is -0.348 e. The second kappa shape index (κ2) is 7.00. The zero-order valence-electron chi connectivity index (χ0n) is 9.02. The van der Waals surface area contributed by atoms with Crippen molar-refractivity contribution in [2.45, 2.75) is 37.7 Å². The molecular formula is C9H15ClF4N2O. The van der Waals surface area contributed by atoms with Crippen LogP contribution in [0.2, 0.25) is 0 Å². The first-order chi connectivity index (χ1) is 7.43. The summed E-state index contributed by atoms with van der Waals surface area (Å²) < 4.78 is 48.6. The van der Waals surface area contributed by atoms with Crippen molar-refractivity contribution in [3.05, 3.63) is 0 Å². The highest BCUT2D eigenvalue weighted by Gasteiger charge is 2.41. The van der Waals surface area contributed by atoms with Gasteiger partial charge in [0.05, 0.1) is 12.6 Å². The van der Waals surface area contributed by atoms with E-state index in [-0.39, 0.29) is 12.4 Å². The van der Waals surface area contributed by atoms with Gasteiger partial charge in [-0.1, -0.05) is 6.42 Å². The summed E-state index contributed by atoms with van der Waals surface area (Å²) in [5.74, 6) is -4.80. The molecule has 1 amide bonds. The van der Waals surface area contributed by atoms with Gasteiger partial charge in [0.15, 0.2) is 0 Å². The Kier molecular flexibility index (Phi) is 6.77. The van der Waals surface area contributed by atoms with Crippen LogP contribution in [0.4, 0.5) is 17.6 Å². The van der Waals surface area contributed by atoms with Crippen LogP contribution in [0.3, 0.4) is 0 Å². The molecule has 0 saturated carbocycles. The summed E-state index contributed by atoms with van der Waals surface area (Å²) in [5, 5.41) is 4.68. The molecule has 0 radical (unpaired) electrons. The molecule has 0 aromatic heterocycles. The molecule has 1 heterocycles. The molecule has 8 heteroatoms. The largest absolute Gasteiger partial charge is 0.348 e. The maximum absolute atomic E-state index is 12.5. The van der Waals surface area contributed by atoms with E-state index in [1.807, 2.05) is 5.32 Å². The van der Waals surface area contributed by atoms with E-state index in [1.165, 1.54) is 0 Å². The molecule has 1 unspecified atom stereocenters. The maximum Gasteiger partial charge on any atom is 0.324 e. The van der Waals surface area contributed by atoms with Crippen molar-refractivity contribution in [1.82, 2.24) is 10.6 Å². The van der Waals surface area contributed by atoms with Crippen molar-refractivity contribution in [1.29, 1.82) is 0 Å². The minimum absolute atomic E-state index is 0. The van der Waals surface area contributed by atoms with Gasteiger partial charge in [0.25, 0.3) is 0 Å². The second-order valence-electron chi connectivity index (χ2n) is 3.78. The molecule has 1 rings (SSSR count). The number of hydrogen-bond acceptors (Lipinski definition) is 2. The number of carbonyl (C=O) groups is 1. The van der Waals surface area contributed by atoms with Crippen molar-refractivity contribution < 1.29 is 22.4 Å². The van der Waals surface area contributed by atoms with Gasteiger partial charge in [-0.25, -0.2) is 8.78 Å². The summed E-state index contributed by atoms with van der Waals surface area (Å²) in [7, 11) is 0. The zero-order valence-corrected chi connectivity index (χ0v) is 9.84. The van der Waals surface area contributed by atoms with Crippen molar-refractivity contribution in [3.8, 4) is 0 Å². The Morgan fingerprint density at radius 1 is 1.41 bits per heavy atom. The molecule has 1 aliphatic rings. The third-order valence-electron chi connectivity index (χ3n) is 2.44. The van der Waals surface area contributed by atoms with E-state index in [1.54, 1.807) is 0 Å². The first-order valence-corrected chi connectivity index (χ1v) is 5.10. The van der Waals surface area contributed by atoms with Gasteiger partial charge in [-0.2, -0.15) is 8.78 Å². The lowest BCUT2D eigenvalue weighted by atomic mass is 10.0. The highest BCUT2D eigenvalue weighted by molar-refractivity contribution is 5.85. The first kappa shape index (κ1) is 16.4. The van der Waals surface area contributed by atoms with Crippen molar-refractivity contribution in [2.75, 3.05) is 13.1 Å². The molecule has 1 atom stereocenters. The van der Waals surface area contributed by atoms with E-state index < -0.39 is 30.8 Å². The molecule has 1 saturated heterocycles. The smallest absolute Gasteiger partial charge is 0.324 e. The molecule has 3 nitrogen and oxygen atoms in total. The Labute approximate surface area is 103 Å². The van der Waals surface area contributed by atoms with Gasteiger partial charge in [0, 0.05) is 0 Å². The number of nitrogens with one attached hydrogen (secondary N) is 2. The Hall–Kier alpha value is -0.560. The highest BCUT2D eigenvalue weighted by atomic mass is 35.5. The summed E-state index contributed by atoms with van der Waals surface area (Å²) in [6.07, 6.45) is -1.45. The van der Waals surface area contributed by atoms with Crippen molar-refractivity contribution >= 4 is 18.3 Å². The average Bonchev–Trinajstić information content (AvgIpc) is 2.27. The number of carbonyl (C=O) groups excluding carboxylic acids is 1. The Balaban J connectivity index is 0.00000256. The number of alkyl halides is 4. The SMILES string of the molecule is Cl.O=C(NCC(F)(F)C(F)F)C1CCCCN1. The van der Waals surface area contributed by atoms with Crippen LogP contribution in [0.1, 0.15) is 19.3 Å². The lowest BCUT2D eigenvalue weighted by Gasteiger charge is -2.23. The number of amides is 1. The summed E-state index contributed by atoms with van der Waals surface area (Å²) in [4.78, 5) is 11.3. The van der Waals surface area contributed by atoms with Gasteiger partial charge in [-0.15, -0.1) is 12.4 Å². The fourth-order valence-electron chi connectivity index (χ4n) is 1.48. The summed E-state index contributed by atoms with van der Waals surface area (Å²) >= 11 is 0. The second-order valence-corrected chi connectivity index (χ2v) is 3.78. The van der Waals surface area contributed by atoms with Crippen LogP contribution in [0, 0.1) is 0 Å². The molecule has 0 aliphatic carbocycles.